The van der Waals surface area contributed by atoms with Crippen LogP contribution >= 0.6 is 7.52 Å². The van der Waals surface area contributed by atoms with E-state index < -0.39 is 7.52 Å². The second kappa shape index (κ2) is 8.31. The van der Waals surface area contributed by atoms with Crippen LogP contribution in [-0.4, -0.2) is 39.5 Å². The molecule has 0 aliphatic heterocycles. The van der Waals surface area contributed by atoms with Crippen LogP contribution < -0.4 is 26.6 Å². The highest BCUT2D eigenvalue weighted by molar-refractivity contribution is 7.56. The number of hydrogen-bond acceptors (Lipinski definition) is 9. The summed E-state index contributed by atoms with van der Waals surface area (Å²) in [5.74, 6) is 1.03. The molecule has 11 nitrogen and oxygen atoms in total. The maximum atomic E-state index is 12.3. The number of hydrogen-bond donors (Lipinski definition) is 4. The standard InChI is InChI=1S/C15H21N8O3P/c1-18-22-13-12-14(21-15(16)20-13)23(9-19-12)7-8-25-10-27(17,24)26-11-5-3-2-4-6-11/h2-6,9,18H,7-8,10H2,1H3,(H2,17,24)(H3,16,20,21,22). The molecule has 0 spiro atoms. The molecule has 0 fully saturated rings. The molecule has 1 aromatic carbocycles. The number of nitrogens with one attached hydrogen (secondary N) is 2. The van der Waals surface area contributed by atoms with Gasteiger partial charge >= 0.3 is 7.52 Å². The van der Waals surface area contributed by atoms with Crippen LogP contribution in [0.1, 0.15) is 0 Å². The lowest BCUT2D eigenvalue weighted by atomic mass is 10.3. The summed E-state index contributed by atoms with van der Waals surface area (Å²) in [6.07, 6.45) is 1.39. The lowest BCUT2D eigenvalue weighted by Gasteiger charge is -2.15. The number of hydrazine groups is 1. The molecule has 6 N–H and O–H groups in total. The van der Waals surface area contributed by atoms with Crippen LogP contribution in [0.15, 0.2) is 36.7 Å². The van der Waals surface area contributed by atoms with Crippen LogP contribution in [-0.2, 0) is 15.8 Å². The Bertz CT molecular complexity index is 949. The van der Waals surface area contributed by atoms with Crippen molar-refractivity contribution in [2.24, 2.45) is 5.50 Å². The predicted molar refractivity (Wildman–Crippen MR) is 102 cm³/mol. The number of para-hydroxylation sites is 1. The molecular weight excluding hydrogens is 371 g/mol. The third-order valence-corrected chi connectivity index (χ3v) is 4.54. The topological polar surface area (TPSA) is 155 Å². The molecule has 1 unspecified atom stereocenters. The second-order valence-electron chi connectivity index (χ2n) is 5.58. The number of imidazole rings is 1. The maximum absolute atomic E-state index is 12.3. The van der Waals surface area contributed by atoms with E-state index in [0.29, 0.717) is 29.3 Å². The summed E-state index contributed by atoms with van der Waals surface area (Å²) in [7, 11) is -1.70. The minimum atomic E-state index is -3.40. The fraction of sp³-hybridized carbons (Fsp3) is 0.267. The molecule has 12 heteroatoms. The van der Waals surface area contributed by atoms with Crippen LogP contribution in [0.2, 0.25) is 0 Å². The Kier molecular flexibility index (Phi) is 5.87. The van der Waals surface area contributed by atoms with Gasteiger partial charge in [0.2, 0.25) is 5.95 Å². The molecule has 2 aromatic heterocycles. The average Bonchev–Trinajstić information content (AvgIpc) is 3.02. The van der Waals surface area contributed by atoms with E-state index in [-0.39, 0.29) is 18.9 Å². The minimum absolute atomic E-state index is 0.116. The number of ether oxygens (including phenoxy) is 1. The van der Waals surface area contributed by atoms with E-state index in [1.807, 2.05) is 6.07 Å². The van der Waals surface area contributed by atoms with Crippen LogP contribution in [0, 0.1) is 0 Å². The summed E-state index contributed by atoms with van der Waals surface area (Å²) in [6, 6.07) is 8.72. The van der Waals surface area contributed by atoms with Crippen molar-refractivity contribution in [3.05, 3.63) is 36.7 Å². The smallest absolute Gasteiger partial charge is 0.339 e. The summed E-state index contributed by atoms with van der Waals surface area (Å²) < 4.78 is 24.8. The number of nitrogens with zero attached hydrogens (tertiary/aromatic N) is 4. The largest absolute Gasteiger partial charge is 0.431 e. The molecule has 0 saturated heterocycles. The number of nitrogen functional groups attached to an aromatic ring is 1. The number of fused-ring (bicyclic) bond motifs is 1. The van der Waals surface area contributed by atoms with Gasteiger partial charge in [-0.05, 0) is 12.1 Å². The van der Waals surface area contributed by atoms with Gasteiger partial charge in [0.25, 0.3) is 0 Å². The van der Waals surface area contributed by atoms with Gasteiger partial charge < -0.3 is 25.0 Å². The molecular formula is C15H21N8O3P. The predicted octanol–water partition coefficient (Wildman–Crippen LogP) is 1.16. The molecule has 0 bridgehead atoms. The van der Waals surface area contributed by atoms with Gasteiger partial charge in [-0.25, -0.2) is 15.9 Å². The van der Waals surface area contributed by atoms with E-state index >= 15 is 0 Å². The zero-order valence-electron chi connectivity index (χ0n) is 14.7. The van der Waals surface area contributed by atoms with Crippen LogP contribution in [0.5, 0.6) is 5.75 Å². The summed E-state index contributed by atoms with van der Waals surface area (Å²) >= 11 is 0. The third kappa shape index (κ3) is 4.92. The normalized spacial score (nSPS) is 13.4. The first-order valence-corrected chi connectivity index (χ1v) is 9.97. The zero-order valence-corrected chi connectivity index (χ0v) is 15.6. The molecule has 1 atom stereocenters. The minimum Gasteiger partial charge on any atom is -0.431 e. The van der Waals surface area contributed by atoms with Gasteiger partial charge in [0.15, 0.2) is 17.0 Å². The van der Waals surface area contributed by atoms with E-state index in [9.17, 15) is 4.57 Å². The van der Waals surface area contributed by atoms with Crippen molar-refractivity contribution in [2.45, 2.75) is 6.54 Å². The average molecular weight is 392 g/mol. The Morgan fingerprint density at radius 1 is 1.26 bits per heavy atom. The number of anilines is 2. The van der Waals surface area contributed by atoms with Crippen molar-refractivity contribution in [3.63, 3.8) is 0 Å². The van der Waals surface area contributed by atoms with E-state index in [4.69, 9.17) is 20.5 Å². The lowest BCUT2D eigenvalue weighted by Crippen LogP contribution is -2.17. The van der Waals surface area contributed by atoms with E-state index in [2.05, 4.69) is 25.8 Å². The van der Waals surface area contributed by atoms with Gasteiger partial charge in [0.1, 0.15) is 12.1 Å². The fourth-order valence-corrected chi connectivity index (χ4v) is 3.29. The Balaban J connectivity index is 1.58. The maximum Gasteiger partial charge on any atom is 0.339 e. The van der Waals surface area contributed by atoms with Gasteiger partial charge in [0, 0.05) is 13.6 Å². The molecule has 0 saturated carbocycles. The monoisotopic (exact) mass is 392 g/mol. The number of aromatic nitrogens is 4. The molecule has 0 aliphatic carbocycles. The molecule has 3 rings (SSSR count). The number of rotatable bonds is 9. The van der Waals surface area contributed by atoms with Gasteiger partial charge in [-0.2, -0.15) is 9.97 Å². The Labute approximate surface area is 155 Å². The molecule has 27 heavy (non-hydrogen) atoms. The summed E-state index contributed by atoms with van der Waals surface area (Å²) in [4.78, 5) is 12.6. The summed E-state index contributed by atoms with van der Waals surface area (Å²) in [6.45, 7) is 0.654. The highest BCUT2D eigenvalue weighted by Gasteiger charge is 2.19. The van der Waals surface area contributed by atoms with E-state index in [1.54, 1.807) is 42.2 Å². The van der Waals surface area contributed by atoms with Crippen LogP contribution in [0.25, 0.3) is 11.2 Å². The van der Waals surface area contributed by atoms with Gasteiger partial charge in [-0.1, -0.05) is 18.2 Å². The Hall–Kier alpha value is -2.72. The highest BCUT2D eigenvalue weighted by Crippen LogP contribution is 2.38. The van der Waals surface area contributed by atoms with Crippen molar-refractivity contribution in [1.82, 2.24) is 24.9 Å². The van der Waals surface area contributed by atoms with Crippen molar-refractivity contribution < 1.29 is 13.8 Å². The summed E-state index contributed by atoms with van der Waals surface area (Å²) in [5, 5.41) is 0. The molecule has 0 amide bonds. The van der Waals surface area contributed by atoms with Gasteiger partial charge in [-0.3, -0.25) is 4.57 Å². The first kappa shape index (κ1) is 19.1. The fourth-order valence-electron chi connectivity index (χ4n) is 2.37. The molecule has 2 heterocycles. The van der Waals surface area contributed by atoms with Crippen LogP contribution in [0.3, 0.4) is 0 Å². The van der Waals surface area contributed by atoms with Crippen molar-refractivity contribution >= 4 is 30.4 Å². The molecule has 3 aromatic rings. The van der Waals surface area contributed by atoms with Crippen molar-refractivity contribution in [3.8, 4) is 5.75 Å². The second-order valence-corrected chi connectivity index (χ2v) is 7.48. The first-order valence-electron chi connectivity index (χ1n) is 8.09. The Morgan fingerprint density at radius 2 is 2.04 bits per heavy atom. The quantitative estimate of drug-likeness (QED) is 0.237. The SMILES string of the molecule is CNNc1nc(N)nc2c1ncn2CCOCP(N)(=O)Oc1ccccc1. The van der Waals surface area contributed by atoms with E-state index in [1.165, 1.54) is 0 Å². The zero-order chi connectivity index (χ0) is 19.3. The Morgan fingerprint density at radius 3 is 2.78 bits per heavy atom. The third-order valence-electron chi connectivity index (χ3n) is 3.48. The lowest BCUT2D eigenvalue weighted by molar-refractivity contribution is 0.160. The van der Waals surface area contributed by atoms with Gasteiger partial charge in [-0.15, -0.1) is 0 Å². The number of benzene rings is 1. The van der Waals surface area contributed by atoms with Crippen LogP contribution in [0.4, 0.5) is 11.8 Å². The molecule has 0 aliphatic rings. The summed E-state index contributed by atoms with van der Waals surface area (Å²) in [5.41, 5.74) is 18.2. The van der Waals surface area contributed by atoms with E-state index in [0.717, 1.165) is 0 Å². The molecule has 144 valence electrons. The van der Waals surface area contributed by atoms with Gasteiger partial charge in [0.05, 0.1) is 12.9 Å². The number of nitrogens with two attached hydrogens (primary N) is 2. The first-order chi connectivity index (χ1) is 13.0. The highest BCUT2D eigenvalue weighted by atomic mass is 31.2. The molecule has 0 radical (unpaired) electrons. The van der Waals surface area contributed by atoms with Crippen molar-refractivity contribution in [2.75, 3.05) is 31.2 Å². The van der Waals surface area contributed by atoms with Crippen molar-refractivity contribution in [1.29, 1.82) is 0 Å².